The van der Waals surface area contributed by atoms with E-state index in [0.717, 1.165) is 30.5 Å². The number of aromatic nitrogens is 2. The predicted molar refractivity (Wildman–Crippen MR) is 145 cm³/mol. The van der Waals surface area contributed by atoms with Crippen LogP contribution in [0, 0.1) is 0 Å². The molecule has 1 atom stereocenters. The van der Waals surface area contributed by atoms with Crippen molar-refractivity contribution in [3.05, 3.63) is 40.5 Å². The van der Waals surface area contributed by atoms with E-state index in [-0.39, 0.29) is 13.2 Å². The number of halogens is 1. The summed E-state index contributed by atoms with van der Waals surface area (Å²) in [6.45, 7) is 2.21. The zero-order valence-corrected chi connectivity index (χ0v) is 23.6. The number of hydrogen-bond donors (Lipinski definition) is 1. The van der Waals surface area contributed by atoms with Crippen LogP contribution in [0.15, 0.2) is 29.2 Å². The number of fused-ring (bicyclic) bond motifs is 1. The molecule has 1 N–H and O–H groups in total. The van der Waals surface area contributed by atoms with E-state index in [1.165, 1.54) is 0 Å². The van der Waals surface area contributed by atoms with Gasteiger partial charge in [0.25, 0.3) is 0 Å². The second-order valence-corrected chi connectivity index (χ2v) is 12.4. The molecule has 3 heterocycles. The largest absolute Gasteiger partial charge is 0.508 e. The van der Waals surface area contributed by atoms with Crippen LogP contribution in [0.5, 0.6) is 0 Å². The second-order valence-electron chi connectivity index (χ2n) is 10.5. The number of aryl methyl sites for hydroxylation is 1. The topological polar surface area (TPSA) is 106 Å². The predicted octanol–water partition coefficient (Wildman–Crippen LogP) is 3.21. The van der Waals surface area contributed by atoms with Crippen LogP contribution in [0.25, 0.3) is 0 Å². The molecule has 0 bridgehead atoms. The highest BCUT2D eigenvalue weighted by Gasteiger charge is 2.47. The van der Waals surface area contributed by atoms with Crippen LogP contribution in [0.4, 0.5) is 16.6 Å². The lowest BCUT2D eigenvalue weighted by Gasteiger charge is -2.49. The summed E-state index contributed by atoms with van der Waals surface area (Å²) in [6.07, 6.45) is 2.57. The Morgan fingerprint density at radius 1 is 1.18 bits per heavy atom. The molecule has 10 nitrogen and oxygen atoms in total. The first-order valence-electron chi connectivity index (χ1n) is 12.8. The fraction of sp³-hybridized carbons (Fsp3) is 0.577. The van der Waals surface area contributed by atoms with E-state index in [4.69, 9.17) is 35.8 Å². The van der Waals surface area contributed by atoms with Crippen molar-refractivity contribution in [2.24, 2.45) is 0 Å². The van der Waals surface area contributed by atoms with Gasteiger partial charge in [0, 0.05) is 30.9 Å². The number of rotatable bonds is 10. The zero-order chi connectivity index (χ0) is 26.9. The lowest BCUT2D eigenvalue weighted by molar-refractivity contribution is -0.0390. The van der Waals surface area contributed by atoms with Gasteiger partial charge in [-0.2, -0.15) is 4.98 Å². The van der Waals surface area contributed by atoms with Crippen LogP contribution in [-0.4, -0.2) is 90.6 Å². The van der Waals surface area contributed by atoms with E-state index in [9.17, 15) is 9.00 Å². The molecule has 0 radical (unpaired) electrons. The Balaban J connectivity index is 1.31. The molecule has 0 amide bonds. The molecule has 0 spiro atoms. The number of carbonyl (C=O) groups excluding carboxylic acids is 1. The lowest BCUT2D eigenvalue weighted by Crippen LogP contribution is -2.61. The molecule has 2 fully saturated rings. The maximum absolute atomic E-state index is 12.9. The van der Waals surface area contributed by atoms with Crippen molar-refractivity contribution in [3.63, 3.8) is 0 Å². The van der Waals surface area contributed by atoms with E-state index in [1.54, 1.807) is 7.11 Å². The first kappa shape index (κ1) is 27.1. The number of ether oxygens (including phenoxy) is 3. The SMILES string of the molecule is COC1(c2ccc(Cl)cc2)CN(c2nc3c(c(NC4(COC(=O)OCCN(C)C)CCC4)n2)[S@](=O)CC3)C1. The monoisotopic (exact) mass is 563 g/mol. The number of benzene rings is 1. The standard InChI is InChI=1S/C26H34ClN5O5S/c1-31(2)12-13-36-24(33)37-17-25(10-4-11-25)30-22-21-20(9-14-38(21)34)28-23(29-22)32-15-26(16-32,35-3)18-5-7-19(27)8-6-18/h5-8H,4,9-17H2,1-3H3,(H,28,29,30)/t38-/m1/s1. The summed E-state index contributed by atoms with van der Waals surface area (Å²) in [5, 5.41) is 4.19. The number of methoxy groups -OCH3 is 1. The molecule has 2 aromatic rings. The van der Waals surface area contributed by atoms with Gasteiger partial charge in [0.2, 0.25) is 5.95 Å². The third-order valence-corrected chi connectivity index (χ3v) is 9.24. The summed E-state index contributed by atoms with van der Waals surface area (Å²) >= 11 is 6.08. The third-order valence-electron chi connectivity index (χ3n) is 7.53. The third kappa shape index (κ3) is 5.47. The Labute approximate surface area is 230 Å². The Kier molecular flexibility index (Phi) is 7.82. The maximum Gasteiger partial charge on any atom is 0.508 e. The van der Waals surface area contributed by atoms with Crippen LogP contribution in [0.2, 0.25) is 5.02 Å². The van der Waals surface area contributed by atoms with Crippen LogP contribution in [0.1, 0.15) is 30.5 Å². The van der Waals surface area contributed by atoms with Crippen molar-refractivity contribution >= 4 is 40.3 Å². The van der Waals surface area contributed by atoms with Gasteiger partial charge in [0.1, 0.15) is 29.5 Å². The minimum atomic E-state index is -1.18. The zero-order valence-electron chi connectivity index (χ0n) is 22.0. The highest BCUT2D eigenvalue weighted by Crippen LogP contribution is 2.41. The van der Waals surface area contributed by atoms with Gasteiger partial charge in [-0.25, -0.2) is 9.78 Å². The molecule has 2 aliphatic heterocycles. The first-order chi connectivity index (χ1) is 18.2. The van der Waals surface area contributed by atoms with Crippen molar-refractivity contribution < 1.29 is 23.2 Å². The highest BCUT2D eigenvalue weighted by molar-refractivity contribution is 7.85. The summed E-state index contributed by atoms with van der Waals surface area (Å²) in [6, 6.07) is 7.69. The van der Waals surface area contributed by atoms with Gasteiger partial charge in [0.05, 0.1) is 35.1 Å². The van der Waals surface area contributed by atoms with Gasteiger partial charge in [-0.15, -0.1) is 0 Å². The van der Waals surface area contributed by atoms with Gasteiger partial charge in [-0.1, -0.05) is 23.7 Å². The Morgan fingerprint density at radius 2 is 1.92 bits per heavy atom. The maximum atomic E-state index is 12.9. The Morgan fingerprint density at radius 3 is 2.55 bits per heavy atom. The van der Waals surface area contributed by atoms with Gasteiger partial charge in [0.15, 0.2) is 0 Å². The number of nitrogens with one attached hydrogen (secondary N) is 1. The van der Waals surface area contributed by atoms with Crippen molar-refractivity contribution in [3.8, 4) is 0 Å². The van der Waals surface area contributed by atoms with Crippen molar-refractivity contribution in [1.82, 2.24) is 14.9 Å². The quantitative estimate of drug-likeness (QED) is 0.433. The van der Waals surface area contributed by atoms with Crippen LogP contribution in [0.3, 0.4) is 0 Å². The second kappa shape index (κ2) is 11.0. The van der Waals surface area contributed by atoms with Gasteiger partial charge < -0.3 is 29.3 Å². The molecule has 1 aromatic heterocycles. The number of nitrogens with zero attached hydrogens (tertiary/aromatic N) is 4. The van der Waals surface area contributed by atoms with Crippen LogP contribution in [-0.2, 0) is 37.0 Å². The van der Waals surface area contributed by atoms with Crippen molar-refractivity contribution in [2.75, 3.05) is 70.0 Å². The van der Waals surface area contributed by atoms with E-state index >= 15 is 0 Å². The van der Waals surface area contributed by atoms with Crippen molar-refractivity contribution in [1.29, 1.82) is 0 Å². The van der Waals surface area contributed by atoms with Crippen molar-refractivity contribution in [2.45, 2.75) is 41.7 Å². The summed E-state index contributed by atoms with van der Waals surface area (Å²) in [5.74, 6) is 1.66. The van der Waals surface area contributed by atoms with Gasteiger partial charge in [-0.05, 0) is 51.1 Å². The average molecular weight is 564 g/mol. The smallest absolute Gasteiger partial charge is 0.433 e. The summed E-state index contributed by atoms with van der Waals surface area (Å²) < 4.78 is 29.4. The number of carbonyl (C=O) groups is 1. The van der Waals surface area contributed by atoms with E-state index in [1.807, 2.05) is 43.3 Å². The van der Waals surface area contributed by atoms with Gasteiger partial charge in [-0.3, -0.25) is 4.21 Å². The van der Waals surface area contributed by atoms with E-state index in [2.05, 4.69) is 10.2 Å². The summed E-state index contributed by atoms with van der Waals surface area (Å²) in [7, 11) is 4.35. The molecule has 38 heavy (non-hydrogen) atoms. The van der Waals surface area contributed by atoms with Gasteiger partial charge >= 0.3 is 6.16 Å². The van der Waals surface area contributed by atoms with E-state index in [0.29, 0.717) is 53.5 Å². The molecule has 1 aliphatic carbocycles. The minimum absolute atomic E-state index is 0.154. The normalized spacial score (nSPS) is 20.9. The van der Waals surface area contributed by atoms with Crippen LogP contribution < -0.4 is 10.2 Å². The minimum Gasteiger partial charge on any atom is -0.433 e. The van der Waals surface area contributed by atoms with E-state index < -0.39 is 28.1 Å². The molecular weight excluding hydrogens is 530 g/mol. The molecule has 3 aliphatic rings. The molecule has 1 aromatic carbocycles. The van der Waals surface area contributed by atoms with Crippen LogP contribution >= 0.6 is 11.6 Å². The molecule has 5 rings (SSSR count). The first-order valence-corrected chi connectivity index (χ1v) is 14.5. The highest BCUT2D eigenvalue weighted by atomic mass is 35.5. The number of hydrogen-bond acceptors (Lipinski definition) is 10. The number of likely N-dealkylation sites (N-methyl/N-ethyl adjacent to an activating group) is 1. The number of anilines is 2. The summed E-state index contributed by atoms with van der Waals surface area (Å²) in [4.78, 5) is 26.4. The molecule has 206 valence electrons. The lowest BCUT2D eigenvalue weighted by atomic mass is 9.77. The molecule has 12 heteroatoms. The fourth-order valence-electron chi connectivity index (χ4n) is 5.02. The molecular formula is C26H34ClN5O5S. The molecule has 1 saturated carbocycles. The Hall–Kier alpha value is -2.47. The average Bonchev–Trinajstić information content (AvgIpc) is 3.22. The summed E-state index contributed by atoms with van der Waals surface area (Å²) in [5.41, 5.74) is 0.903. The molecule has 1 saturated heterocycles. The molecule has 0 unspecified atom stereocenters. The Bertz CT molecular complexity index is 1200. The fourth-order valence-corrected chi connectivity index (χ4v) is 6.45.